The molecule has 2 heteroatoms. The van der Waals surface area contributed by atoms with Gasteiger partial charge in [-0.05, 0) is 72.3 Å². The summed E-state index contributed by atoms with van der Waals surface area (Å²) in [4.78, 5) is 0. The summed E-state index contributed by atoms with van der Waals surface area (Å²) in [5.74, 6) is 1.53. The average molecular weight is 404 g/mol. The summed E-state index contributed by atoms with van der Waals surface area (Å²) in [5.41, 5.74) is 8.51. The quantitative estimate of drug-likeness (QED) is 0.385. The summed E-state index contributed by atoms with van der Waals surface area (Å²) in [6.07, 6.45) is 11.5. The fraction of sp³-hybridized carbons (Fsp3) is 0.536. The normalized spacial score (nSPS) is 15.8. The predicted molar refractivity (Wildman–Crippen MR) is 127 cm³/mol. The Kier molecular flexibility index (Phi) is 6.04. The molecule has 2 heterocycles. The summed E-state index contributed by atoms with van der Waals surface area (Å²) in [6.45, 7) is 14.0. The molecule has 1 aromatic carbocycles. The molecule has 0 saturated heterocycles. The van der Waals surface area contributed by atoms with Crippen LogP contribution in [0.4, 0.5) is 0 Å². The van der Waals surface area contributed by atoms with Gasteiger partial charge in [-0.25, -0.2) is 4.57 Å². The van der Waals surface area contributed by atoms with Crippen molar-refractivity contribution < 1.29 is 4.57 Å². The van der Waals surface area contributed by atoms with Crippen molar-refractivity contribution in [3.8, 4) is 11.3 Å². The minimum absolute atomic E-state index is 0.493. The van der Waals surface area contributed by atoms with Gasteiger partial charge in [0.05, 0.1) is 0 Å². The maximum absolute atomic E-state index is 2.49. The zero-order valence-electron chi connectivity index (χ0n) is 19.8. The van der Waals surface area contributed by atoms with E-state index in [-0.39, 0.29) is 0 Å². The fourth-order valence-corrected chi connectivity index (χ4v) is 5.13. The number of imidazole rings is 1. The van der Waals surface area contributed by atoms with Gasteiger partial charge in [0.2, 0.25) is 6.33 Å². The van der Waals surface area contributed by atoms with Gasteiger partial charge in [-0.3, -0.25) is 0 Å². The van der Waals surface area contributed by atoms with Crippen LogP contribution < -0.4 is 4.57 Å². The first kappa shape index (κ1) is 21.2. The molecule has 0 N–H and O–H groups in total. The van der Waals surface area contributed by atoms with Crippen LogP contribution in [-0.2, 0) is 0 Å². The first-order chi connectivity index (χ1) is 14.4. The van der Waals surface area contributed by atoms with Crippen LogP contribution in [0.2, 0.25) is 0 Å². The van der Waals surface area contributed by atoms with Crippen molar-refractivity contribution >= 4 is 5.52 Å². The van der Waals surface area contributed by atoms with Crippen LogP contribution in [0.3, 0.4) is 0 Å². The molecule has 0 amide bonds. The SMILES string of the molecule is CC(C)c1cc(C(C)C)c(-c2cccc3c[n+](C4CCCCC4)cn23)c(C(C)C)c1. The highest BCUT2D eigenvalue weighted by molar-refractivity contribution is 5.73. The number of aromatic nitrogens is 2. The summed E-state index contributed by atoms with van der Waals surface area (Å²) < 4.78 is 4.93. The highest BCUT2D eigenvalue weighted by atomic mass is 15.1. The van der Waals surface area contributed by atoms with Gasteiger partial charge in [-0.2, -0.15) is 4.40 Å². The molecular formula is C28H39N2+. The van der Waals surface area contributed by atoms with Gasteiger partial charge in [-0.15, -0.1) is 0 Å². The van der Waals surface area contributed by atoms with Gasteiger partial charge in [-0.1, -0.05) is 66.2 Å². The number of hydrogen-bond acceptors (Lipinski definition) is 0. The zero-order chi connectivity index (χ0) is 21.4. The molecule has 0 spiro atoms. The van der Waals surface area contributed by atoms with E-state index in [2.05, 4.69) is 93.4 Å². The van der Waals surface area contributed by atoms with E-state index in [1.807, 2.05) is 0 Å². The second kappa shape index (κ2) is 8.57. The third kappa shape index (κ3) is 3.94. The van der Waals surface area contributed by atoms with Crippen molar-refractivity contribution in [2.75, 3.05) is 0 Å². The molecule has 2 nitrogen and oxygen atoms in total. The smallest absolute Gasteiger partial charge is 0.233 e. The Morgan fingerprint density at radius 2 is 1.47 bits per heavy atom. The van der Waals surface area contributed by atoms with Gasteiger partial charge >= 0.3 is 0 Å². The Morgan fingerprint density at radius 1 is 0.833 bits per heavy atom. The maximum atomic E-state index is 2.49. The largest absolute Gasteiger partial charge is 0.249 e. The van der Waals surface area contributed by atoms with Crippen LogP contribution in [-0.4, -0.2) is 4.40 Å². The van der Waals surface area contributed by atoms with Crippen molar-refractivity contribution in [3.63, 3.8) is 0 Å². The van der Waals surface area contributed by atoms with Crippen LogP contribution in [0.15, 0.2) is 42.9 Å². The minimum atomic E-state index is 0.493. The van der Waals surface area contributed by atoms with E-state index >= 15 is 0 Å². The molecule has 0 bridgehead atoms. The van der Waals surface area contributed by atoms with Gasteiger partial charge in [0, 0.05) is 5.56 Å². The standard InChI is InChI=1S/C28H39N2/c1-19(2)22-15-25(20(3)4)28(26(16-22)21(5)6)27-14-10-13-24-17-29(18-30(24)27)23-11-8-7-9-12-23/h10,13-21,23H,7-9,11-12H2,1-6H3/q+1. The summed E-state index contributed by atoms with van der Waals surface area (Å²) in [7, 11) is 0. The molecule has 4 rings (SSSR count). The number of pyridine rings is 1. The van der Waals surface area contributed by atoms with E-state index in [4.69, 9.17) is 0 Å². The van der Waals surface area contributed by atoms with E-state index in [1.54, 1.807) is 0 Å². The number of rotatable bonds is 5. The van der Waals surface area contributed by atoms with E-state index in [9.17, 15) is 0 Å². The Hall–Kier alpha value is -2.09. The van der Waals surface area contributed by atoms with Crippen molar-refractivity contribution in [1.82, 2.24) is 4.40 Å². The molecule has 0 radical (unpaired) electrons. The number of nitrogens with zero attached hydrogens (tertiary/aromatic N) is 2. The molecular weight excluding hydrogens is 364 g/mol. The van der Waals surface area contributed by atoms with Crippen molar-refractivity contribution in [2.45, 2.75) is 97.4 Å². The summed E-state index contributed by atoms with van der Waals surface area (Å²) >= 11 is 0. The van der Waals surface area contributed by atoms with Gasteiger partial charge < -0.3 is 0 Å². The monoisotopic (exact) mass is 403 g/mol. The molecule has 1 fully saturated rings. The predicted octanol–water partition coefficient (Wildman–Crippen LogP) is 7.77. The van der Waals surface area contributed by atoms with Crippen LogP contribution in [0.1, 0.15) is 114 Å². The Morgan fingerprint density at radius 3 is 2.03 bits per heavy atom. The molecule has 0 atom stereocenters. The van der Waals surface area contributed by atoms with Crippen LogP contribution in [0.5, 0.6) is 0 Å². The van der Waals surface area contributed by atoms with Crippen molar-refractivity contribution in [2.24, 2.45) is 0 Å². The van der Waals surface area contributed by atoms with E-state index in [1.165, 1.54) is 65.6 Å². The molecule has 30 heavy (non-hydrogen) atoms. The number of hydrogen-bond donors (Lipinski definition) is 0. The molecule has 1 aliphatic carbocycles. The van der Waals surface area contributed by atoms with E-state index in [0.717, 1.165) is 0 Å². The second-order valence-electron chi connectivity index (χ2n) is 10.2. The third-order valence-electron chi connectivity index (χ3n) is 6.97. The van der Waals surface area contributed by atoms with Crippen molar-refractivity contribution in [3.05, 3.63) is 59.5 Å². The minimum Gasteiger partial charge on any atom is -0.233 e. The number of benzene rings is 1. The van der Waals surface area contributed by atoms with E-state index < -0.39 is 0 Å². The lowest BCUT2D eigenvalue weighted by molar-refractivity contribution is -0.724. The number of fused-ring (bicyclic) bond motifs is 1. The topological polar surface area (TPSA) is 8.29 Å². The first-order valence-corrected chi connectivity index (χ1v) is 12.1. The van der Waals surface area contributed by atoms with Gasteiger partial charge in [0.15, 0.2) is 5.52 Å². The molecule has 0 unspecified atom stereocenters. The van der Waals surface area contributed by atoms with Gasteiger partial charge in [0.1, 0.15) is 17.9 Å². The summed E-state index contributed by atoms with van der Waals surface area (Å²) in [6, 6.07) is 12.4. The fourth-order valence-electron chi connectivity index (χ4n) is 5.13. The lowest BCUT2D eigenvalue weighted by Crippen LogP contribution is -2.38. The van der Waals surface area contributed by atoms with Crippen LogP contribution in [0.25, 0.3) is 16.8 Å². The average Bonchev–Trinajstić information content (AvgIpc) is 3.17. The second-order valence-corrected chi connectivity index (χ2v) is 10.2. The molecule has 1 aliphatic rings. The molecule has 160 valence electrons. The van der Waals surface area contributed by atoms with Crippen LogP contribution in [0, 0.1) is 0 Å². The van der Waals surface area contributed by atoms with Crippen molar-refractivity contribution in [1.29, 1.82) is 0 Å². The Labute approximate surface area is 183 Å². The molecule has 1 saturated carbocycles. The Balaban J connectivity index is 1.94. The molecule has 2 aromatic heterocycles. The lowest BCUT2D eigenvalue weighted by atomic mass is 9.83. The van der Waals surface area contributed by atoms with Gasteiger partial charge in [0.25, 0.3) is 0 Å². The maximum Gasteiger partial charge on any atom is 0.249 e. The van der Waals surface area contributed by atoms with Crippen LogP contribution >= 0.6 is 0 Å². The Bertz CT molecular complexity index is 987. The molecule has 0 aliphatic heterocycles. The van der Waals surface area contributed by atoms with E-state index in [0.29, 0.717) is 23.8 Å². The summed E-state index contributed by atoms with van der Waals surface area (Å²) in [5, 5.41) is 0. The third-order valence-corrected chi connectivity index (χ3v) is 6.97. The zero-order valence-corrected chi connectivity index (χ0v) is 19.8. The lowest BCUT2D eigenvalue weighted by Gasteiger charge is -2.22. The molecule has 3 aromatic rings. The highest BCUT2D eigenvalue weighted by Gasteiger charge is 2.25. The highest BCUT2D eigenvalue weighted by Crippen LogP contribution is 2.39. The first-order valence-electron chi connectivity index (χ1n) is 12.1.